The van der Waals surface area contributed by atoms with Gasteiger partial charge in [-0.15, -0.1) is 11.6 Å². The second-order valence-electron chi connectivity index (χ2n) is 5.37. The first-order chi connectivity index (χ1) is 9.52. The molecule has 0 aliphatic carbocycles. The van der Waals surface area contributed by atoms with Gasteiger partial charge in [-0.25, -0.2) is 4.98 Å². The highest BCUT2D eigenvalue weighted by atomic mass is 79.9. The van der Waals surface area contributed by atoms with Gasteiger partial charge in [0.15, 0.2) is 0 Å². The molecule has 0 aliphatic heterocycles. The van der Waals surface area contributed by atoms with Gasteiger partial charge >= 0.3 is 0 Å². The largest absolute Gasteiger partial charge is 0.327 e. The molecule has 0 atom stereocenters. The number of hydrogen-bond acceptors (Lipinski definition) is 2. The lowest BCUT2D eigenvalue weighted by atomic mass is 10.3. The van der Waals surface area contributed by atoms with Gasteiger partial charge in [-0.05, 0) is 52.1 Å². The van der Waals surface area contributed by atoms with E-state index in [0.29, 0.717) is 11.9 Å². The lowest BCUT2D eigenvalue weighted by molar-refractivity contribution is 0.265. The zero-order valence-electron chi connectivity index (χ0n) is 12.2. The lowest BCUT2D eigenvalue weighted by Gasteiger charge is -2.21. The second kappa shape index (κ2) is 6.92. The predicted octanol–water partition coefficient (Wildman–Crippen LogP) is 4.27. The molecule has 5 heteroatoms. The van der Waals surface area contributed by atoms with Crippen molar-refractivity contribution in [2.24, 2.45) is 0 Å². The number of rotatable bonds is 6. The molecule has 110 valence electrons. The number of alkyl halides is 1. The van der Waals surface area contributed by atoms with Gasteiger partial charge in [0.2, 0.25) is 0 Å². The molecule has 0 saturated carbocycles. The van der Waals surface area contributed by atoms with Crippen molar-refractivity contribution in [2.75, 3.05) is 13.6 Å². The fourth-order valence-corrected chi connectivity index (χ4v) is 2.79. The summed E-state index contributed by atoms with van der Waals surface area (Å²) in [6.07, 6.45) is 1.10. The molecule has 0 bridgehead atoms. The molecule has 0 unspecified atom stereocenters. The molecule has 2 rings (SSSR count). The van der Waals surface area contributed by atoms with Crippen LogP contribution in [0.4, 0.5) is 0 Å². The van der Waals surface area contributed by atoms with Crippen LogP contribution in [0.3, 0.4) is 0 Å². The van der Waals surface area contributed by atoms with Crippen LogP contribution in [0.5, 0.6) is 0 Å². The number of aromatic nitrogens is 2. The molecule has 0 aliphatic rings. The Hall–Kier alpha value is -0.580. The Labute approximate surface area is 134 Å². The molecule has 0 N–H and O–H groups in total. The van der Waals surface area contributed by atoms with Crippen molar-refractivity contribution in [3.05, 3.63) is 28.5 Å². The normalized spacial score (nSPS) is 11.9. The maximum Gasteiger partial charge on any atom is 0.124 e. The lowest BCUT2D eigenvalue weighted by Crippen LogP contribution is -2.28. The number of aryl methyl sites for hydroxylation is 1. The van der Waals surface area contributed by atoms with Crippen LogP contribution in [0.1, 0.15) is 26.1 Å². The van der Waals surface area contributed by atoms with E-state index >= 15 is 0 Å². The minimum absolute atomic E-state index is 0.451. The second-order valence-corrected chi connectivity index (χ2v) is 6.56. The van der Waals surface area contributed by atoms with Gasteiger partial charge in [0.25, 0.3) is 0 Å². The fourth-order valence-electron chi connectivity index (χ4n) is 2.24. The predicted molar refractivity (Wildman–Crippen MR) is 89.4 cm³/mol. The van der Waals surface area contributed by atoms with Crippen molar-refractivity contribution in [1.82, 2.24) is 14.5 Å². The molecule has 0 radical (unpaired) electrons. The maximum absolute atomic E-state index is 6.03. The highest BCUT2D eigenvalue weighted by Crippen LogP contribution is 2.22. The topological polar surface area (TPSA) is 21.1 Å². The molecule has 20 heavy (non-hydrogen) atoms. The monoisotopic (exact) mass is 357 g/mol. The minimum atomic E-state index is 0.451. The van der Waals surface area contributed by atoms with E-state index in [2.05, 4.69) is 63.4 Å². The van der Waals surface area contributed by atoms with Crippen LogP contribution in [0.25, 0.3) is 11.0 Å². The van der Waals surface area contributed by atoms with E-state index in [1.165, 1.54) is 0 Å². The Morgan fingerprint density at radius 2 is 2.15 bits per heavy atom. The average molecular weight is 359 g/mol. The molecule has 1 aromatic carbocycles. The summed E-state index contributed by atoms with van der Waals surface area (Å²) in [5, 5.41) is 0. The first-order valence-corrected chi connectivity index (χ1v) is 8.26. The number of benzene rings is 1. The van der Waals surface area contributed by atoms with Gasteiger partial charge in [-0.2, -0.15) is 0 Å². The summed E-state index contributed by atoms with van der Waals surface area (Å²) in [4.78, 5) is 6.97. The first kappa shape index (κ1) is 15.8. The molecule has 2 aromatic rings. The van der Waals surface area contributed by atoms with Gasteiger partial charge in [0, 0.05) is 17.1 Å². The smallest absolute Gasteiger partial charge is 0.124 e. The summed E-state index contributed by atoms with van der Waals surface area (Å²) >= 11 is 9.52. The van der Waals surface area contributed by atoms with Gasteiger partial charge in [-0.1, -0.05) is 15.9 Å². The quantitative estimate of drug-likeness (QED) is 0.719. The molecule has 1 aromatic heterocycles. The first-order valence-electron chi connectivity index (χ1n) is 6.93. The number of hydrogen-bond donors (Lipinski definition) is 0. The third kappa shape index (κ3) is 3.54. The number of nitrogens with zero attached hydrogens (tertiary/aromatic N) is 3. The van der Waals surface area contributed by atoms with Crippen LogP contribution in [0.15, 0.2) is 22.7 Å². The molecule has 1 heterocycles. The highest BCUT2D eigenvalue weighted by Gasteiger charge is 2.10. The van der Waals surface area contributed by atoms with Gasteiger partial charge in [-0.3, -0.25) is 0 Å². The Morgan fingerprint density at radius 1 is 1.40 bits per heavy atom. The van der Waals surface area contributed by atoms with Crippen molar-refractivity contribution in [3.63, 3.8) is 0 Å². The van der Waals surface area contributed by atoms with Crippen LogP contribution in [-0.2, 0) is 12.4 Å². The number of imidazole rings is 1. The van der Waals surface area contributed by atoms with E-state index in [0.717, 1.165) is 40.8 Å². The van der Waals surface area contributed by atoms with Crippen LogP contribution in [-0.4, -0.2) is 34.1 Å². The molecule has 0 amide bonds. The number of halogens is 2. The summed E-state index contributed by atoms with van der Waals surface area (Å²) in [6, 6.07) is 6.79. The summed E-state index contributed by atoms with van der Waals surface area (Å²) in [7, 11) is 2.16. The zero-order valence-corrected chi connectivity index (χ0v) is 14.6. The highest BCUT2D eigenvalue weighted by molar-refractivity contribution is 9.10. The zero-order chi connectivity index (χ0) is 14.7. The van der Waals surface area contributed by atoms with Crippen molar-refractivity contribution < 1.29 is 0 Å². The Kier molecular flexibility index (Phi) is 5.47. The van der Waals surface area contributed by atoms with Crippen molar-refractivity contribution in [3.8, 4) is 0 Å². The van der Waals surface area contributed by atoms with Gasteiger partial charge in [0.1, 0.15) is 5.82 Å². The van der Waals surface area contributed by atoms with Crippen LogP contribution in [0.2, 0.25) is 0 Å². The summed E-state index contributed by atoms with van der Waals surface area (Å²) in [5.41, 5.74) is 2.17. The van der Waals surface area contributed by atoms with Crippen LogP contribution >= 0.6 is 27.5 Å². The summed E-state index contributed by atoms with van der Waals surface area (Å²) in [6.45, 7) is 6.47. The molecule has 0 fully saturated rings. The summed E-state index contributed by atoms with van der Waals surface area (Å²) in [5.74, 6) is 1.40. The van der Waals surface area contributed by atoms with E-state index in [9.17, 15) is 0 Å². The third-order valence-corrected chi connectivity index (χ3v) is 4.42. The van der Waals surface area contributed by atoms with E-state index < -0.39 is 0 Å². The molecule has 3 nitrogen and oxygen atoms in total. The SMILES string of the molecule is CC(C)N(C)CCCn1c(CCl)nc2cc(Br)ccc21. The third-order valence-electron chi connectivity index (χ3n) is 3.68. The average Bonchev–Trinajstić information content (AvgIpc) is 2.75. The number of fused-ring (bicyclic) bond motifs is 1. The Morgan fingerprint density at radius 3 is 2.80 bits per heavy atom. The van der Waals surface area contributed by atoms with Gasteiger partial charge in [0.05, 0.1) is 16.9 Å². The standard InChI is InChI=1S/C15H21BrClN3/c1-11(2)19(3)7-4-8-20-14-6-5-12(16)9-13(14)18-15(20)10-17/h5-6,9,11H,4,7-8,10H2,1-3H3. The molecular formula is C15H21BrClN3. The van der Waals surface area contributed by atoms with E-state index in [1.54, 1.807) is 0 Å². The molecule has 0 saturated heterocycles. The maximum atomic E-state index is 6.03. The summed E-state index contributed by atoms with van der Waals surface area (Å²) < 4.78 is 3.29. The van der Waals surface area contributed by atoms with Gasteiger partial charge < -0.3 is 9.47 Å². The van der Waals surface area contributed by atoms with Crippen LogP contribution in [0, 0.1) is 0 Å². The fraction of sp³-hybridized carbons (Fsp3) is 0.533. The van der Waals surface area contributed by atoms with E-state index in [1.807, 2.05) is 6.07 Å². The van der Waals surface area contributed by atoms with Crippen molar-refractivity contribution >= 4 is 38.6 Å². The van der Waals surface area contributed by atoms with Crippen LogP contribution < -0.4 is 0 Å². The Balaban J connectivity index is 2.16. The van der Waals surface area contributed by atoms with Crippen molar-refractivity contribution in [2.45, 2.75) is 38.7 Å². The minimum Gasteiger partial charge on any atom is -0.327 e. The molecule has 0 spiro atoms. The van der Waals surface area contributed by atoms with Crippen molar-refractivity contribution in [1.29, 1.82) is 0 Å². The Bertz CT molecular complexity index is 580. The molecular weight excluding hydrogens is 338 g/mol. The van der Waals surface area contributed by atoms with E-state index in [-0.39, 0.29) is 0 Å². The van der Waals surface area contributed by atoms with E-state index in [4.69, 9.17) is 11.6 Å².